The molecule has 0 spiro atoms. The standard InChI is InChI=1S/C11H11.3ClH.Ti/c1-2-6-10(5-1)9-11-7-3-4-8-11;;;;/h1-5,7,9H,6,8H2;3*1H;/q;;;;+3/p-3. The molecule has 0 aromatic rings. The summed E-state index contributed by atoms with van der Waals surface area (Å²) in [5, 5.41) is 0. The van der Waals surface area contributed by atoms with Crippen LogP contribution < -0.4 is 37.2 Å². The van der Waals surface area contributed by atoms with E-state index in [0.29, 0.717) is 4.22 Å². The Morgan fingerprint density at radius 1 is 0.867 bits per heavy atom. The molecule has 0 aromatic heterocycles. The van der Waals surface area contributed by atoms with Gasteiger partial charge in [0, 0.05) is 0 Å². The molecule has 15 heavy (non-hydrogen) atoms. The molecule has 4 heteroatoms. The van der Waals surface area contributed by atoms with Gasteiger partial charge in [-0.05, 0) is 0 Å². The van der Waals surface area contributed by atoms with Crippen molar-refractivity contribution in [1.29, 1.82) is 0 Å². The molecule has 0 aliphatic heterocycles. The van der Waals surface area contributed by atoms with Crippen LogP contribution in [0.25, 0.3) is 0 Å². The second-order valence-corrected chi connectivity index (χ2v) is 4.08. The molecule has 0 nitrogen and oxygen atoms in total. The quantitative estimate of drug-likeness (QED) is 0.446. The molecule has 0 fully saturated rings. The topological polar surface area (TPSA) is 0 Å². The van der Waals surface area contributed by atoms with Gasteiger partial charge in [-0.3, -0.25) is 0 Å². The zero-order valence-electron chi connectivity index (χ0n) is 8.09. The van der Waals surface area contributed by atoms with Crippen LogP contribution in [0.15, 0.2) is 47.6 Å². The fraction of sp³-hybridized carbons (Fsp3) is 0.273. The van der Waals surface area contributed by atoms with Gasteiger partial charge in [0.25, 0.3) is 0 Å². The maximum absolute atomic E-state index is 2.30. The monoisotopic (exact) mass is 296 g/mol. The van der Waals surface area contributed by atoms with Crippen molar-refractivity contribution in [2.24, 2.45) is 0 Å². The summed E-state index contributed by atoms with van der Waals surface area (Å²) in [6, 6.07) is 0. The number of halogens is 3. The van der Waals surface area contributed by atoms with Crippen molar-refractivity contribution in [3.05, 3.63) is 47.6 Å². The van der Waals surface area contributed by atoms with E-state index in [1.165, 1.54) is 0 Å². The van der Waals surface area contributed by atoms with Crippen molar-refractivity contribution in [1.82, 2.24) is 0 Å². The van der Waals surface area contributed by atoms with Gasteiger partial charge in [-0.2, -0.15) is 0 Å². The van der Waals surface area contributed by atoms with Crippen molar-refractivity contribution in [2.75, 3.05) is 0 Å². The Hall–Kier alpha value is 0.544. The van der Waals surface area contributed by atoms with E-state index < -0.39 is 0 Å². The molecule has 0 unspecified atom stereocenters. The van der Waals surface area contributed by atoms with Crippen LogP contribution in [0.3, 0.4) is 0 Å². The fourth-order valence-electron chi connectivity index (χ4n) is 1.59. The average molecular weight is 297 g/mol. The van der Waals surface area contributed by atoms with Gasteiger partial charge in [0.2, 0.25) is 0 Å². The minimum atomic E-state index is 0. The van der Waals surface area contributed by atoms with E-state index in [1.54, 1.807) is 11.1 Å². The van der Waals surface area contributed by atoms with Gasteiger partial charge in [0.05, 0.1) is 0 Å². The summed E-state index contributed by atoms with van der Waals surface area (Å²) in [6.07, 6.45) is 15.6. The minimum absolute atomic E-state index is 0. The zero-order chi connectivity index (χ0) is 8.39. The molecule has 0 radical (unpaired) electrons. The molecule has 0 atom stereocenters. The summed E-state index contributed by atoms with van der Waals surface area (Å²) in [5.41, 5.74) is 3.12. The van der Waals surface area contributed by atoms with Gasteiger partial charge >= 0.3 is 85.1 Å². The van der Waals surface area contributed by atoms with Crippen LogP contribution >= 0.6 is 0 Å². The molecule has 0 saturated heterocycles. The molecule has 2 aliphatic carbocycles. The summed E-state index contributed by atoms with van der Waals surface area (Å²) in [5.74, 6) is 0. The molecule has 0 N–H and O–H groups in total. The summed E-state index contributed by atoms with van der Waals surface area (Å²) in [7, 11) is 0. The van der Waals surface area contributed by atoms with E-state index in [2.05, 4.69) is 56.9 Å². The number of hydrogen-bond donors (Lipinski definition) is 0. The van der Waals surface area contributed by atoms with Crippen LogP contribution in [0.1, 0.15) is 12.8 Å². The first-order valence-corrected chi connectivity index (χ1v) is 5.20. The Kier molecular flexibility index (Phi) is 10.4. The Labute approximate surface area is 122 Å². The first kappa shape index (κ1) is 17.9. The van der Waals surface area contributed by atoms with Crippen molar-refractivity contribution in [2.45, 2.75) is 17.1 Å². The summed E-state index contributed by atoms with van der Waals surface area (Å²) in [6.45, 7) is 0. The molecule has 80 valence electrons. The predicted molar refractivity (Wildman–Crippen MR) is 47.4 cm³/mol. The third kappa shape index (κ3) is 4.50. The van der Waals surface area contributed by atoms with Crippen LogP contribution in [0, 0.1) is 0 Å². The molecule has 0 bridgehead atoms. The van der Waals surface area contributed by atoms with E-state index in [0.717, 1.165) is 12.8 Å². The molecular formula is C11H11Cl3Ti. The number of allylic oxidation sites excluding steroid dienone is 8. The van der Waals surface area contributed by atoms with Crippen LogP contribution in [0.5, 0.6) is 0 Å². The van der Waals surface area contributed by atoms with Gasteiger partial charge in [-0.1, -0.05) is 0 Å². The second-order valence-electron chi connectivity index (χ2n) is 3.18. The van der Waals surface area contributed by atoms with Gasteiger partial charge < -0.3 is 37.2 Å². The Bertz CT molecular complexity index is 273. The third-order valence-electron chi connectivity index (χ3n) is 2.34. The number of hydrogen-bond acceptors (Lipinski definition) is 0. The van der Waals surface area contributed by atoms with Gasteiger partial charge in [-0.25, -0.2) is 0 Å². The Morgan fingerprint density at radius 2 is 1.27 bits per heavy atom. The first-order chi connectivity index (χ1) is 5.88. The average Bonchev–Trinajstić information content (AvgIpc) is 2.77. The Balaban J connectivity index is 0. The zero-order valence-corrected chi connectivity index (χ0v) is 11.9. The number of rotatable bonds is 2. The third-order valence-corrected chi connectivity index (χ3v) is 3.50. The van der Waals surface area contributed by atoms with E-state index in [-0.39, 0.29) is 37.2 Å². The Morgan fingerprint density at radius 3 is 1.53 bits per heavy atom. The SMILES string of the molecule is [Cl-].[Cl-].[Cl-].[Ti+3][CH](C1=CC=CC1)C1=CC=CC1. The van der Waals surface area contributed by atoms with Crippen molar-refractivity contribution in [3.8, 4) is 0 Å². The maximum atomic E-state index is 2.30. The van der Waals surface area contributed by atoms with Gasteiger partial charge in [-0.15, -0.1) is 0 Å². The van der Waals surface area contributed by atoms with Gasteiger partial charge in [0.15, 0.2) is 0 Å². The van der Waals surface area contributed by atoms with Crippen molar-refractivity contribution in [3.63, 3.8) is 0 Å². The molecule has 0 heterocycles. The van der Waals surface area contributed by atoms with Gasteiger partial charge in [0.1, 0.15) is 0 Å². The second kappa shape index (κ2) is 8.67. The molecule has 0 aromatic carbocycles. The fourth-order valence-corrected chi connectivity index (χ4v) is 2.26. The molecule has 2 aliphatic rings. The summed E-state index contributed by atoms with van der Waals surface area (Å²) < 4.78 is 0.648. The molecule has 2 rings (SSSR count). The molecule has 0 amide bonds. The molecular weight excluding hydrogens is 286 g/mol. The van der Waals surface area contributed by atoms with Crippen molar-refractivity contribution < 1.29 is 57.7 Å². The van der Waals surface area contributed by atoms with Crippen molar-refractivity contribution >= 4 is 0 Å². The van der Waals surface area contributed by atoms with E-state index >= 15 is 0 Å². The summed E-state index contributed by atoms with van der Waals surface area (Å²) in [4.78, 5) is 0. The molecule has 0 saturated carbocycles. The first-order valence-electron chi connectivity index (χ1n) is 4.30. The normalized spacial score (nSPS) is 16.5. The predicted octanol–water partition coefficient (Wildman–Crippen LogP) is -5.89. The summed E-state index contributed by atoms with van der Waals surface area (Å²) >= 11 is 2.30. The van der Waals surface area contributed by atoms with Crippen LogP contribution in [-0.4, -0.2) is 0 Å². The van der Waals surface area contributed by atoms with Crippen LogP contribution in [-0.2, 0) is 20.4 Å². The van der Waals surface area contributed by atoms with Crippen LogP contribution in [0.2, 0.25) is 4.22 Å². The van der Waals surface area contributed by atoms with E-state index in [4.69, 9.17) is 0 Å². The van der Waals surface area contributed by atoms with E-state index in [9.17, 15) is 0 Å². The van der Waals surface area contributed by atoms with Crippen LogP contribution in [0.4, 0.5) is 0 Å². The van der Waals surface area contributed by atoms with E-state index in [1.807, 2.05) is 0 Å².